The van der Waals surface area contributed by atoms with Gasteiger partial charge in [0.05, 0.1) is 17.5 Å². The Morgan fingerprint density at radius 3 is 2.69 bits per heavy atom. The van der Waals surface area contributed by atoms with Crippen molar-refractivity contribution < 1.29 is 17.9 Å². The molecule has 4 aromatic heterocycles. The van der Waals surface area contributed by atoms with E-state index >= 15 is 0 Å². The molecular formula is C20H17F3N6O3. The van der Waals surface area contributed by atoms with Crippen LogP contribution in [0.5, 0.6) is 5.75 Å². The lowest BCUT2D eigenvalue weighted by atomic mass is 10.1. The van der Waals surface area contributed by atoms with Gasteiger partial charge in [0.15, 0.2) is 12.3 Å². The first-order valence-electron chi connectivity index (χ1n) is 9.56. The number of fused-ring (bicyclic) bond motifs is 1. The van der Waals surface area contributed by atoms with Gasteiger partial charge in [-0.25, -0.2) is 14.3 Å². The molecule has 1 aliphatic rings. The minimum absolute atomic E-state index is 0.120. The number of rotatable bonds is 4. The maximum atomic E-state index is 11.9. The minimum Gasteiger partial charge on any atom is -0.483 e. The average Bonchev–Trinajstić information content (AvgIpc) is 3.49. The molecule has 4 aromatic rings. The molecule has 2 N–H and O–H groups in total. The zero-order valence-electron chi connectivity index (χ0n) is 16.5. The molecule has 5 rings (SSSR count). The number of hydrogen-bond donors (Lipinski definition) is 2. The van der Waals surface area contributed by atoms with Gasteiger partial charge in [-0.2, -0.15) is 18.3 Å². The van der Waals surface area contributed by atoms with Crippen LogP contribution in [0.2, 0.25) is 0 Å². The number of ether oxygens (including phenoxy) is 1. The van der Waals surface area contributed by atoms with Crippen LogP contribution in [0, 0.1) is 0 Å². The molecule has 0 aromatic carbocycles. The Morgan fingerprint density at radius 2 is 2.03 bits per heavy atom. The molecule has 0 atom stereocenters. The highest BCUT2D eigenvalue weighted by Gasteiger charge is 2.28. The largest absolute Gasteiger partial charge is 0.483 e. The van der Waals surface area contributed by atoms with Crippen LogP contribution in [0.15, 0.2) is 58.8 Å². The van der Waals surface area contributed by atoms with Crippen LogP contribution in [0.4, 0.5) is 13.2 Å². The lowest BCUT2D eigenvalue weighted by Crippen LogP contribution is -2.23. The van der Waals surface area contributed by atoms with E-state index in [9.17, 15) is 22.8 Å². The van der Waals surface area contributed by atoms with Gasteiger partial charge in [0.25, 0.3) is 5.56 Å². The second kappa shape index (κ2) is 8.65. The summed E-state index contributed by atoms with van der Waals surface area (Å²) in [5.74, 6) is 0.610. The van der Waals surface area contributed by atoms with Crippen LogP contribution in [0.1, 0.15) is 24.3 Å². The summed E-state index contributed by atoms with van der Waals surface area (Å²) in [7, 11) is 0. The van der Waals surface area contributed by atoms with Gasteiger partial charge in [0, 0.05) is 30.4 Å². The van der Waals surface area contributed by atoms with Gasteiger partial charge in [-0.15, -0.1) is 0 Å². The summed E-state index contributed by atoms with van der Waals surface area (Å²) < 4.78 is 40.8. The van der Waals surface area contributed by atoms with Gasteiger partial charge >= 0.3 is 11.9 Å². The van der Waals surface area contributed by atoms with E-state index in [0.29, 0.717) is 17.2 Å². The van der Waals surface area contributed by atoms with Crippen LogP contribution in [-0.4, -0.2) is 42.3 Å². The molecule has 9 nitrogen and oxygen atoms in total. The predicted octanol–water partition coefficient (Wildman–Crippen LogP) is 2.67. The number of H-pyrrole nitrogens is 2. The summed E-state index contributed by atoms with van der Waals surface area (Å²) in [5, 5.41) is 4.38. The van der Waals surface area contributed by atoms with Crippen molar-refractivity contribution in [3.63, 3.8) is 0 Å². The van der Waals surface area contributed by atoms with E-state index in [4.69, 9.17) is 0 Å². The normalized spacial score (nSPS) is 13.5. The van der Waals surface area contributed by atoms with E-state index in [1.807, 2.05) is 6.07 Å². The molecule has 12 heteroatoms. The van der Waals surface area contributed by atoms with Gasteiger partial charge in [-0.3, -0.25) is 14.8 Å². The van der Waals surface area contributed by atoms with E-state index < -0.39 is 24.0 Å². The fraction of sp³-hybridized carbons (Fsp3) is 0.250. The number of imidazole rings is 1. The molecule has 0 radical (unpaired) electrons. The summed E-state index contributed by atoms with van der Waals surface area (Å²) in [5.41, 5.74) is 1.85. The number of aromatic amines is 2. The summed E-state index contributed by atoms with van der Waals surface area (Å²) in [6, 6.07) is 4.81. The lowest BCUT2D eigenvalue weighted by Gasteiger charge is -2.07. The molecular weight excluding hydrogens is 429 g/mol. The number of nitrogens with one attached hydrogen (secondary N) is 2. The van der Waals surface area contributed by atoms with Crippen molar-refractivity contribution in [3.05, 3.63) is 75.6 Å². The van der Waals surface area contributed by atoms with Crippen LogP contribution in [0.25, 0.3) is 16.9 Å². The van der Waals surface area contributed by atoms with Crippen molar-refractivity contribution >= 4 is 5.65 Å². The molecule has 1 fully saturated rings. The Kier molecular flexibility index (Phi) is 5.75. The van der Waals surface area contributed by atoms with Crippen LogP contribution in [0.3, 0.4) is 0 Å². The van der Waals surface area contributed by atoms with E-state index in [-0.39, 0.29) is 5.75 Å². The zero-order chi connectivity index (χ0) is 22.7. The first kappa shape index (κ1) is 21.3. The quantitative estimate of drug-likeness (QED) is 0.498. The van der Waals surface area contributed by atoms with Gasteiger partial charge in [-0.05, 0) is 37.0 Å². The van der Waals surface area contributed by atoms with Gasteiger partial charge in [-0.1, -0.05) is 0 Å². The number of nitrogens with zero attached hydrogens (tertiary/aromatic N) is 4. The molecule has 1 aliphatic carbocycles. The lowest BCUT2D eigenvalue weighted by molar-refractivity contribution is -0.153. The SMILES string of the molecule is FC(F)(F)COc1cccnc1.O=c1[nH]cc(-c2cc(C3CC3)c3nccn3n2)c(=O)[nH]1. The predicted molar refractivity (Wildman–Crippen MR) is 107 cm³/mol. The highest BCUT2D eigenvalue weighted by atomic mass is 19.4. The standard InChI is InChI=1S/C13H11N5O2.C7H6F3NO/c19-12-9(6-15-13(20)16-12)10-5-8(7-1-2-7)11-14-3-4-18(11)17-10;8-7(9,10)5-12-6-2-1-3-11-4-6/h3-7H,1-2H2,(H2,15,16,19,20);1-4H,5H2. The molecule has 4 heterocycles. The smallest absolute Gasteiger partial charge is 0.422 e. The highest BCUT2D eigenvalue weighted by Crippen LogP contribution is 2.42. The maximum absolute atomic E-state index is 11.9. The molecule has 1 saturated carbocycles. The molecule has 0 aliphatic heterocycles. The van der Waals surface area contributed by atoms with Gasteiger partial charge in [0.1, 0.15) is 5.75 Å². The molecule has 32 heavy (non-hydrogen) atoms. The molecule has 0 spiro atoms. The highest BCUT2D eigenvalue weighted by molar-refractivity contribution is 5.62. The summed E-state index contributed by atoms with van der Waals surface area (Å²) in [6.45, 7) is -1.28. The van der Waals surface area contributed by atoms with Gasteiger partial charge in [0.2, 0.25) is 0 Å². The summed E-state index contributed by atoms with van der Waals surface area (Å²) in [6.07, 6.45) is 5.49. The van der Waals surface area contributed by atoms with E-state index in [1.165, 1.54) is 30.7 Å². The van der Waals surface area contributed by atoms with Crippen LogP contribution in [-0.2, 0) is 0 Å². The zero-order valence-corrected chi connectivity index (χ0v) is 16.5. The van der Waals surface area contributed by atoms with Gasteiger partial charge < -0.3 is 9.72 Å². The Balaban J connectivity index is 0.000000176. The second-order valence-electron chi connectivity index (χ2n) is 7.03. The third kappa shape index (κ3) is 5.20. The number of hydrogen-bond acceptors (Lipinski definition) is 6. The number of halogens is 3. The average molecular weight is 446 g/mol. The third-order valence-corrected chi connectivity index (χ3v) is 4.54. The molecule has 166 valence electrons. The van der Waals surface area contributed by atoms with E-state index in [1.54, 1.807) is 16.9 Å². The fourth-order valence-electron chi connectivity index (χ4n) is 2.97. The summed E-state index contributed by atoms with van der Waals surface area (Å²) >= 11 is 0. The van der Waals surface area contributed by atoms with Crippen molar-refractivity contribution in [3.8, 4) is 17.0 Å². The second-order valence-corrected chi connectivity index (χ2v) is 7.03. The van der Waals surface area contributed by atoms with E-state index in [0.717, 1.165) is 24.1 Å². The monoisotopic (exact) mass is 446 g/mol. The Labute approximate surface area is 177 Å². The maximum Gasteiger partial charge on any atom is 0.422 e. The first-order valence-corrected chi connectivity index (χ1v) is 9.56. The third-order valence-electron chi connectivity index (χ3n) is 4.54. The minimum atomic E-state index is -4.30. The molecule has 0 saturated heterocycles. The first-order chi connectivity index (χ1) is 15.3. The van der Waals surface area contributed by atoms with Crippen molar-refractivity contribution in [2.75, 3.05) is 6.61 Å². The van der Waals surface area contributed by atoms with Crippen molar-refractivity contribution in [1.29, 1.82) is 0 Å². The topological polar surface area (TPSA) is 118 Å². The molecule has 0 bridgehead atoms. The van der Waals surface area contributed by atoms with Crippen LogP contribution < -0.4 is 16.0 Å². The molecule has 0 unspecified atom stereocenters. The van der Waals surface area contributed by atoms with E-state index in [2.05, 4.69) is 29.8 Å². The summed E-state index contributed by atoms with van der Waals surface area (Å²) in [4.78, 5) is 35.5. The number of aromatic nitrogens is 6. The van der Waals surface area contributed by atoms with Crippen molar-refractivity contribution in [2.45, 2.75) is 24.9 Å². The van der Waals surface area contributed by atoms with Crippen molar-refractivity contribution in [1.82, 2.24) is 29.5 Å². The number of alkyl halides is 3. The van der Waals surface area contributed by atoms with Crippen LogP contribution >= 0.6 is 0 Å². The fourth-order valence-corrected chi connectivity index (χ4v) is 2.97. The Hall–Kier alpha value is -3.96. The molecule has 0 amide bonds. The van der Waals surface area contributed by atoms with Crippen molar-refractivity contribution in [2.24, 2.45) is 0 Å². The number of pyridine rings is 1. The Morgan fingerprint density at radius 1 is 1.22 bits per heavy atom. The Bertz CT molecular complexity index is 1330.